The molecule has 1 aromatic rings. The highest BCUT2D eigenvalue weighted by molar-refractivity contribution is 8.14. The highest BCUT2D eigenvalue weighted by Gasteiger charge is 2.23. The highest BCUT2D eigenvalue weighted by Crippen LogP contribution is 2.27. The van der Waals surface area contributed by atoms with Crippen molar-refractivity contribution in [3.63, 3.8) is 0 Å². The Hall–Kier alpha value is -1.43. The maximum Gasteiger partial charge on any atom is 0.177 e. The van der Waals surface area contributed by atoms with Gasteiger partial charge < -0.3 is 0 Å². The van der Waals surface area contributed by atoms with Crippen LogP contribution in [0.15, 0.2) is 28.3 Å². The number of amidine groups is 1. The number of benzene rings is 1. The maximum absolute atomic E-state index is 13.8. The van der Waals surface area contributed by atoms with Crippen molar-refractivity contribution in [1.82, 2.24) is 5.43 Å². The highest BCUT2D eigenvalue weighted by atomic mass is 32.2. The Bertz CT molecular complexity index is 615. The lowest BCUT2D eigenvalue weighted by molar-refractivity contribution is 0.333. The predicted molar refractivity (Wildman–Crippen MR) is 87.3 cm³/mol. The van der Waals surface area contributed by atoms with Crippen LogP contribution in [0.5, 0.6) is 0 Å². The Morgan fingerprint density at radius 2 is 2.09 bits per heavy atom. The third-order valence-electron chi connectivity index (χ3n) is 4.22. The summed E-state index contributed by atoms with van der Waals surface area (Å²) in [6.07, 6.45) is 4.83. The van der Waals surface area contributed by atoms with Gasteiger partial charge in [-0.15, -0.1) is 0 Å². The van der Waals surface area contributed by atoms with E-state index in [9.17, 15) is 8.78 Å². The van der Waals surface area contributed by atoms with Gasteiger partial charge >= 0.3 is 0 Å². The Labute approximate surface area is 133 Å². The minimum Gasteiger partial charge on any atom is -0.258 e. The molecule has 0 spiro atoms. The summed E-state index contributed by atoms with van der Waals surface area (Å²) in [4.78, 5) is 4.74. The molecule has 2 aliphatic rings. The number of nitrogens with zero attached hydrogens (tertiary/aromatic N) is 2. The summed E-state index contributed by atoms with van der Waals surface area (Å²) in [5.41, 5.74) is 3.62. The zero-order valence-corrected chi connectivity index (χ0v) is 13.3. The minimum atomic E-state index is -0.459. The van der Waals surface area contributed by atoms with Gasteiger partial charge in [-0.25, -0.2) is 8.78 Å². The summed E-state index contributed by atoms with van der Waals surface area (Å²) >= 11 is 1.50. The molecule has 3 rings (SSSR count). The van der Waals surface area contributed by atoms with Crippen molar-refractivity contribution >= 4 is 22.6 Å². The second-order valence-electron chi connectivity index (χ2n) is 5.85. The van der Waals surface area contributed by atoms with Crippen LogP contribution in [-0.4, -0.2) is 22.7 Å². The van der Waals surface area contributed by atoms with Gasteiger partial charge in [0.05, 0.1) is 11.8 Å². The van der Waals surface area contributed by atoms with Crippen LogP contribution in [0.25, 0.3) is 0 Å². The van der Waals surface area contributed by atoms with E-state index >= 15 is 0 Å². The molecular formula is C16H19F2N3S. The molecule has 3 nitrogen and oxygen atoms in total. The third-order valence-corrected chi connectivity index (χ3v) is 5.11. The number of hydrogen-bond donors (Lipinski definition) is 1. The van der Waals surface area contributed by atoms with Crippen molar-refractivity contribution in [2.24, 2.45) is 16.0 Å². The average Bonchev–Trinajstić information content (AvgIpc) is 2.53. The zero-order chi connectivity index (χ0) is 15.5. The molecule has 1 saturated carbocycles. The summed E-state index contributed by atoms with van der Waals surface area (Å²) in [7, 11) is 0. The van der Waals surface area contributed by atoms with E-state index < -0.39 is 11.6 Å². The molecule has 1 heterocycles. The molecule has 1 aliphatic heterocycles. The number of halogens is 2. The van der Waals surface area contributed by atoms with Crippen LogP contribution >= 0.6 is 11.8 Å². The van der Waals surface area contributed by atoms with E-state index in [4.69, 9.17) is 4.99 Å². The Morgan fingerprint density at radius 3 is 2.82 bits per heavy atom. The lowest BCUT2D eigenvalue weighted by Gasteiger charge is -2.26. The van der Waals surface area contributed by atoms with E-state index in [1.807, 2.05) is 0 Å². The first-order valence-electron chi connectivity index (χ1n) is 7.62. The molecule has 0 amide bonds. The van der Waals surface area contributed by atoms with E-state index in [0.717, 1.165) is 23.7 Å². The van der Waals surface area contributed by atoms with E-state index in [0.29, 0.717) is 23.4 Å². The van der Waals surface area contributed by atoms with E-state index in [1.54, 1.807) is 0 Å². The van der Waals surface area contributed by atoms with E-state index in [2.05, 4.69) is 17.5 Å². The van der Waals surface area contributed by atoms with Crippen LogP contribution in [0.3, 0.4) is 0 Å². The first-order chi connectivity index (χ1) is 10.6. The molecule has 0 bridgehead atoms. The number of nitrogens with one attached hydrogen (secondary N) is 1. The molecule has 1 fully saturated rings. The number of hydrazone groups is 1. The molecule has 0 aromatic heterocycles. The van der Waals surface area contributed by atoms with Crippen molar-refractivity contribution in [2.75, 3.05) is 5.75 Å². The summed E-state index contributed by atoms with van der Waals surface area (Å²) < 4.78 is 27.0. The fourth-order valence-corrected chi connectivity index (χ4v) is 3.69. The number of rotatable bonds is 2. The average molecular weight is 323 g/mol. The van der Waals surface area contributed by atoms with Crippen LogP contribution in [0.4, 0.5) is 8.78 Å². The van der Waals surface area contributed by atoms with Gasteiger partial charge in [0.15, 0.2) is 5.17 Å². The normalized spacial score (nSPS) is 27.4. The standard InChI is InChI=1S/C16H19F2N3S/c1-10-4-2-3-5-14(10)19-16-21-20-15(9-22-16)12-8-11(17)6-7-13(12)18/h6-8,10,14H,2-5,9H2,1H3,(H,19,21). The SMILES string of the molecule is CC1CCCCC1N=C1NN=C(c2cc(F)ccc2F)CS1. The van der Waals surface area contributed by atoms with Crippen LogP contribution < -0.4 is 5.43 Å². The molecule has 1 N–H and O–H groups in total. The molecule has 2 unspecified atom stereocenters. The van der Waals surface area contributed by atoms with Crippen LogP contribution in [0.1, 0.15) is 38.2 Å². The third kappa shape index (κ3) is 3.48. The van der Waals surface area contributed by atoms with Crippen molar-refractivity contribution in [3.8, 4) is 0 Å². The monoisotopic (exact) mass is 323 g/mol. The van der Waals surface area contributed by atoms with Crippen LogP contribution in [0, 0.1) is 17.6 Å². The molecule has 0 saturated heterocycles. The summed E-state index contributed by atoms with van der Waals surface area (Å²) in [6, 6.07) is 3.76. The lowest BCUT2D eigenvalue weighted by Crippen LogP contribution is -2.29. The Kier molecular flexibility index (Phi) is 4.76. The van der Waals surface area contributed by atoms with Gasteiger partial charge in [-0.1, -0.05) is 31.5 Å². The molecule has 118 valence electrons. The zero-order valence-electron chi connectivity index (χ0n) is 12.5. The van der Waals surface area contributed by atoms with Crippen molar-refractivity contribution < 1.29 is 8.78 Å². The van der Waals surface area contributed by atoms with Crippen LogP contribution in [-0.2, 0) is 0 Å². The Balaban J connectivity index is 1.73. The molecule has 1 aromatic carbocycles. The fourth-order valence-electron chi connectivity index (χ4n) is 2.88. The summed E-state index contributed by atoms with van der Waals surface area (Å²) in [5.74, 6) is 0.172. The molecule has 1 aliphatic carbocycles. The topological polar surface area (TPSA) is 36.8 Å². The summed E-state index contributed by atoms with van der Waals surface area (Å²) in [6.45, 7) is 2.23. The van der Waals surface area contributed by atoms with Gasteiger partial charge in [0.25, 0.3) is 0 Å². The number of thioether (sulfide) groups is 1. The molecule has 22 heavy (non-hydrogen) atoms. The van der Waals surface area contributed by atoms with Crippen molar-refractivity contribution in [3.05, 3.63) is 35.4 Å². The van der Waals surface area contributed by atoms with E-state index in [1.165, 1.54) is 37.1 Å². The van der Waals surface area contributed by atoms with Crippen molar-refractivity contribution in [1.29, 1.82) is 0 Å². The maximum atomic E-state index is 13.8. The smallest absolute Gasteiger partial charge is 0.177 e. The molecular weight excluding hydrogens is 304 g/mol. The molecule has 0 radical (unpaired) electrons. The van der Waals surface area contributed by atoms with Crippen LogP contribution in [0.2, 0.25) is 0 Å². The van der Waals surface area contributed by atoms with Gasteiger partial charge in [-0.3, -0.25) is 10.4 Å². The number of aliphatic imine (C=N–C) groups is 1. The predicted octanol–water partition coefficient (Wildman–Crippen LogP) is 3.94. The minimum absolute atomic E-state index is 0.213. The van der Waals surface area contributed by atoms with Gasteiger partial charge in [0.1, 0.15) is 11.6 Å². The fraction of sp³-hybridized carbons (Fsp3) is 0.500. The first kappa shape index (κ1) is 15.5. The van der Waals surface area contributed by atoms with Gasteiger partial charge in [-0.2, -0.15) is 5.10 Å². The van der Waals surface area contributed by atoms with E-state index in [-0.39, 0.29) is 5.56 Å². The van der Waals surface area contributed by atoms with Crippen molar-refractivity contribution in [2.45, 2.75) is 38.6 Å². The first-order valence-corrected chi connectivity index (χ1v) is 8.60. The van der Waals surface area contributed by atoms with Gasteiger partial charge in [-0.05, 0) is 37.0 Å². The number of hydrogen-bond acceptors (Lipinski definition) is 3. The van der Waals surface area contributed by atoms with Gasteiger partial charge in [0.2, 0.25) is 0 Å². The quantitative estimate of drug-likeness (QED) is 0.895. The molecule has 2 atom stereocenters. The summed E-state index contributed by atoms with van der Waals surface area (Å²) in [5, 5.41) is 4.96. The lowest BCUT2D eigenvalue weighted by atomic mass is 9.86. The second kappa shape index (κ2) is 6.77. The second-order valence-corrected chi connectivity index (χ2v) is 6.81. The van der Waals surface area contributed by atoms with Gasteiger partial charge in [0, 0.05) is 11.3 Å². The Morgan fingerprint density at radius 1 is 1.27 bits per heavy atom. The molecule has 6 heteroatoms. The largest absolute Gasteiger partial charge is 0.258 e.